The summed E-state index contributed by atoms with van der Waals surface area (Å²) in [7, 11) is 0. The van der Waals surface area contributed by atoms with Crippen molar-refractivity contribution in [3.8, 4) is 6.07 Å². The highest BCUT2D eigenvalue weighted by Crippen LogP contribution is 2.19. The third-order valence-electron chi connectivity index (χ3n) is 2.95. The Morgan fingerprint density at radius 3 is 3.00 bits per heavy atom. The van der Waals surface area contributed by atoms with Crippen LogP contribution in [0.15, 0.2) is 39.8 Å². The number of benzene rings is 1. The monoisotopic (exact) mass is 266 g/mol. The topological polar surface area (TPSA) is 84.7 Å². The molecule has 1 aromatic carbocycles. The van der Waals surface area contributed by atoms with Crippen LogP contribution in [0.3, 0.4) is 0 Å². The van der Waals surface area contributed by atoms with Crippen molar-refractivity contribution in [2.75, 3.05) is 0 Å². The van der Waals surface area contributed by atoms with Crippen molar-refractivity contribution in [1.82, 2.24) is 14.8 Å². The van der Waals surface area contributed by atoms with Gasteiger partial charge >= 0.3 is 5.63 Å². The van der Waals surface area contributed by atoms with E-state index in [9.17, 15) is 4.79 Å². The van der Waals surface area contributed by atoms with E-state index in [1.54, 1.807) is 0 Å². The average molecular weight is 266 g/mol. The Morgan fingerprint density at radius 2 is 2.25 bits per heavy atom. The lowest BCUT2D eigenvalue weighted by atomic mass is 10.1. The van der Waals surface area contributed by atoms with Gasteiger partial charge in [0.25, 0.3) is 5.82 Å². The van der Waals surface area contributed by atoms with E-state index < -0.39 is 5.63 Å². The van der Waals surface area contributed by atoms with Gasteiger partial charge in [-0.15, -0.1) is 5.10 Å². The van der Waals surface area contributed by atoms with Crippen LogP contribution in [0.2, 0.25) is 0 Å². The molecule has 0 N–H and O–H groups in total. The van der Waals surface area contributed by atoms with Gasteiger partial charge in [0.15, 0.2) is 0 Å². The van der Waals surface area contributed by atoms with E-state index >= 15 is 0 Å². The summed E-state index contributed by atoms with van der Waals surface area (Å²) in [6.45, 7) is 2.29. The first-order chi connectivity index (χ1) is 9.65. The van der Waals surface area contributed by atoms with Crippen molar-refractivity contribution in [2.45, 2.75) is 13.5 Å². The van der Waals surface area contributed by atoms with Crippen molar-refractivity contribution in [3.63, 3.8) is 0 Å². The van der Waals surface area contributed by atoms with E-state index in [-0.39, 0.29) is 5.82 Å². The molecular weight excluding hydrogens is 256 g/mol. The maximum absolute atomic E-state index is 11.6. The summed E-state index contributed by atoms with van der Waals surface area (Å²) in [5.41, 5.74) is 1.95. The highest BCUT2D eigenvalue weighted by molar-refractivity contribution is 5.80. The van der Waals surface area contributed by atoms with Gasteiger partial charge < -0.3 is 4.42 Å². The van der Waals surface area contributed by atoms with Crippen LogP contribution in [-0.4, -0.2) is 14.8 Å². The second-order valence-corrected chi connectivity index (χ2v) is 4.47. The highest BCUT2D eigenvalue weighted by atomic mass is 16.4. The summed E-state index contributed by atoms with van der Waals surface area (Å²) >= 11 is 0. The second kappa shape index (κ2) is 4.63. The molecule has 2 heterocycles. The Bertz CT molecular complexity index is 886. The first kappa shape index (κ1) is 12.1. The molecule has 0 saturated heterocycles. The molecule has 0 atom stereocenters. The Kier molecular flexibility index (Phi) is 2.80. The number of rotatable bonds is 2. The molecule has 0 radical (unpaired) electrons. The fourth-order valence-electron chi connectivity index (χ4n) is 2.06. The molecule has 0 aliphatic heterocycles. The molecule has 0 spiro atoms. The van der Waals surface area contributed by atoms with Crippen molar-refractivity contribution in [2.24, 2.45) is 0 Å². The number of aromatic nitrogens is 3. The third-order valence-corrected chi connectivity index (χ3v) is 2.95. The molecule has 0 saturated carbocycles. The van der Waals surface area contributed by atoms with E-state index in [0.29, 0.717) is 12.1 Å². The van der Waals surface area contributed by atoms with Gasteiger partial charge in [-0.25, -0.2) is 14.5 Å². The predicted octanol–water partition coefficient (Wildman–Crippen LogP) is 1.61. The zero-order valence-corrected chi connectivity index (χ0v) is 10.7. The standard InChI is InChI=1S/C14H10N4O2/c1-9-2-3-11-10(5-14(19)20-12(11)4-9)7-18-8-16-13(6-15)17-18/h2-5,8H,7H2,1H3. The first-order valence-electron chi connectivity index (χ1n) is 5.98. The number of hydrogen-bond acceptors (Lipinski definition) is 5. The van der Waals surface area contributed by atoms with Gasteiger partial charge in [-0.05, 0) is 24.1 Å². The maximum atomic E-state index is 11.6. The number of nitrogens with zero attached hydrogens (tertiary/aromatic N) is 4. The van der Waals surface area contributed by atoms with Crippen LogP contribution < -0.4 is 5.63 Å². The van der Waals surface area contributed by atoms with Crippen LogP contribution in [0.4, 0.5) is 0 Å². The molecule has 3 aromatic rings. The summed E-state index contributed by atoms with van der Waals surface area (Å²) in [4.78, 5) is 15.4. The van der Waals surface area contributed by atoms with Crippen molar-refractivity contribution in [3.05, 3.63) is 58.0 Å². The molecule has 0 bridgehead atoms. The molecule has 2 aromatic heterocycles. The van der Waals surface area contributed by atoms with Gasteiger partial charge in [0.1, 0.15) is 18.0 Å². The zero-order valence-electron chi connectivity index (χ0n) is 10.7. The van der Waals surface area contributed by atoms with E-state index in [1.165, 1.54) is 17.1 Å². The molecule has 0 amide bonds. The summed E-state index contributed by atoms with van der Waals surface area (Å²) in [6, 6.07) is 8.98. The number of nitriles is 1. The molecule has 0 unspecified atom stereocenters. The van der Waals surface area contributed by atoms with Crippen LogP contribution in [0.25, 0.3) is 11.0 Å². The van der Waals surface area contributed by atoms with E-state index in [0.717, 1.165) is 16.5 Å². The largest absolute Gasteiger partial charge is 0.423 e. The summed E-state index contributed by atoms with van der Waals surface area (Å²) in [6.07, 6.45) is 1.47. The Labute approximate surface area is 113 Å². The SMILES string of the molecule is Cc1ccc2c(Cn3cnc(C#N)n3)cc(=O)oc2c1. The van der Waals surface area contributed by atoms with Gasteiger partial charge in [-0.1, -0.05) is 12.1 Å². The second-order valence-electron chi connectivity index (χ2n) is 4.47. The van der Waals surface area contributed by atoms with Gasteiger partial charge in [-0.3, -0.25) is 0 Å². The van der Waals surface area contributed by atoms with E-state index in [4.69, 9.17) is 9.68 Å². The molecule has 6 nitrogen and oxygen atoms in total. The number of hydrogen-bond donors (Lipinski definition) is 0. The molecule has 98 valence electrons. The fraction of sp³-hybridized carbons (Fsp3) is 0.143. The summed E-state index contributed by atoms with van der Waals surface area (Å²) in [5, 5.41) is 13.6. The molecule has 20 heavy (non-hydrogen) atoms. The minimum absolute atomic E-state index is 0.105. The van der Waals surface area contributed by atoms with Crippen LogP contribution in [-0.2, 0) is 6.54 Å². The first-order valence-corrected chi connectivity index (χ1v) is 5.98. The summed E-state index contributed by atoms with van der Waals surface area (Å²) < 4.78 is 6.71. The summed E-state index contributed by atoms with van der Waals surface area (Å²) in [5.74, 6) is 0.105. The average Bonchev–Trinajstić information content (AvgIpc) is 2.85. The van der Waals surface area contributed by atoms with E-state index in [2.05, 4.69) is 10.1 Å². The van der Waals surface area contributed by atoms with Gasteiger partial charge in [-0.2, -0.15) is 5.26 Å². The highest BCUT2D eigenvalue weighted by Gasteiger charge is 2.08. The predicted molar refractivity (Wildman–Crippen MR) is 71.1 cm³/mol. The van der Waals surface area contributed by atoms with E-state index in [1.807, 2.05) is 31.2 Å². The molecular formula is C14H10N4O2. The van der Waals surface area contributed by atoms with Crippen molar-refractivity contribution >= 4 is 11.0 Å². The van der Waals surface area contributed by atoms with Crippen molar-refractivity contribution < 1.29 is 4.42 Å². The van der Waals surface area contributed by atoms with Gasteiger partial charge in [0.05, 0.1) is 6.54 Å². The molecule has 0 aliphatic carbocycles. The third kappa shape index (κ3) is 2.17. The lowest BCUT2D eigenvalue weighted by Gasteiger charge is -2.05. The zero-order chi connectivity index (χ0) is 14.1. The van der Waals surface area contributed by atoms with Crippen molar-refractivity contribution in [1.29, 1.82) is 5.26 Å². The quantitative estimate of drug-likeness (QED) is 0.658. The van der Waals surface area contributed by atoms with Crippen LogP contribution in [0.5, 0.6) is 0 Å². The minimum atomic E-state index is -0.404. The fourth-order valence-corrected chi connectivity index (χ4v) is 2.06. The maximum Gasteiger partial charge on any atom is 0.336 e. The Hall–Kier alpha value is -2.94. The van der Waals surface area contributed by atoms with Crippen LogP contribution in [0.1, 0.15) is 17.0 Å². The lowest BCUT2D eigenvalue weighted by Crippen LogP contribution is -2.06. The molecule has 0 fully saturated rings. The number of fused-ring (bicyclic) bond motifs is 1. The number of aryl methyl sites for hydroxylation is 1. The van der Waals surface area contributed by atoms with Gasteiger partial charge in [0.2, 0.25) is 0 Å². The molecule has 3 rings (SSSR count). The van der Waals surface area contributed by atoms with Crippen LogP contribution >= 0.6 is 0 Å². The minimum Gasteiger partial charge on any atom is -0.423 e. The smallest absolute Gasteiger partial charge is 0.336 e. The Morgan fingerprint density at radius 1 is 1.40 bits per heavy atom. The van der Waals surface area contributed by atoms with Crippen LogP contribution in [0, 0.1) is 18.3 Å². The Balaban J connectivity index is 2.11. The molecule has 0 aliphatic rings. The lowest BCUT2D eigenvalue weighted by molar-refractivity contribution is 0.556. The van der Waals surface area contributed by atoms with Gasteiger partial charge in [0, 0.05) is 11.5 Å². The normalized spacial score (nSPS) is 10.6. The molecule has 6 heteroatoms.